The lowest BCUT2D eigenvalue weighted by Gasteiger charge is -2.19. The SMILES string of the molecule is COc1ccccc1OCc1nc(CN(C(C)=O)C2CC2)cs1. The molecule has 0 saturated heterocycles. The summed E-state index contributed by atoms with van der Waals surface area (Å²) in [7, 11) is 1.62. The van der Waals surface area contributed by atoms with Gasteiger partial charge in [0.1, 0.15) is 11.6 Å². The number of ether oxygens (including phenoxy) is 2. The fourth-order valence-electron chi connectivity index (χ4n) is 2.42. The van der Waals surface area contributed by atoms with Gasteiger partial charge in [0.2, 0.25) is 5.91 Å². The van der Waals surface area contributed by atoms with Crippen LogP contribution in [-0.4, -0.2) is 28.9 Å². The highest BCUT2D eigenvalue weighted by Gasteiger charge is 2.31. The first-order valence-electron chi connectivity index (χ1n) is 7.63. The van der Waals surface area contributed by atoms with Crippen LogP contribution >= 0.6 is 11.3 Å². The Morgan fingerprint density at radius 2 is 2.09 bits per heavy atom. The smallest absolute Gasteiger partial charge is 0.220 e. The van der Waals surface area contributed by atoms with Crippen LogP contribution in [0.4, 0.5) is 0 Å². The molecule has 0 N–H and O–H groups in total. The lowest BCUT2D eigenvalue weighted by molar-refractivity contribution is -0.130. The molecule has 3 rings (SSSR count). The quantitative estimate of drug-likeness (QED) is 0.781. The third-order valence-electron chi connectivity index (χ3n) is 3.74. The molecule has 0 spiro atoms. The van der Waals surface area contributed by atoms with Crippen molar-refractivity contribution >= 4 is 17.2 Å². The second-order valence-corrected chi connectivity index (χ2v) is 6.49. The van der Waals surface area contributed by atoms with Crippen molar-refractivity contribution in [3.05, 3.63) is 40.3 Å². The highest BCUT2D eigenvalue weighted by Crippen LogP contribution is 2.29. The second kappa shape index (κ2) is 7.00. The van der Waals surface area contributed by atoms with Gasteiger partial charge in [0.15, 0.2) is 11.5 Å². The van der Waals surface area contributed by atoms with Gasteiger partial charge in [0, 0.05) is 18.3 Å². The number of para-hydroxylation sites is 2. The Kier molecular flexibility index (Phi) is 4.81. The maximum atomic E-state index is 11.7. The zero-order valence-corrected chi connectivity index (χ0v) is 14.1. The zero-order chi connectivity index (χ0) is 16.2. The van der Waals surface area contributed by atoms with E-state index in [0.29, 0.717) is 30.7 Å². The van der Waals surface area contributed by atoms with Crippen LogP contribution in [0.1, 0.15) is 30.5 Å². The summed E-state index contributed by atoms with van der Waals surface area (Å²) in [6.45, 7) is 2.61. The number of aromatic nitrogens is 1. The molecule has 23 heavy (non-hydrogen) atoms. The first kappa shape index (κ1) is 15.8. The van der Waals surface area contributed by atoms with Crippen LogP contribution in [0.15, 0.2) is 29.6 Å². The first-order valence-corrected chi connectivity index (χ1v) is 8.51. The average Bonchev–Trinajstić information content (AvgIpc) is 3.30. The number of benzene rings is 1. The van der Waals surface area contributed by atoms with Crippen molar-refractivity contribution in [2.24, 2.45) is 0 Å². The van der Waals surface area contributed by atoms with E-state index in [9.17, 15) is 4.79 Å². The van der Waals surface area contributed by atoms with Gasteiger partial charge in [0.25, 0.3) is 0 Å². The van der Waals surface area contributed by atoms with Crippen molar-refractivity contribution in [1.82, 2.24) is 9.88 Å². The highest BCUT2D eigenvalue weighted by atomic mass is 32.1. The molecule has 1 heterocycles. The monoisotopic (exact) mass is 332 g/mol. The van der Waals surface area contributed by atoms with E-state index in [1.54, 1.807) is 25.4 Å². The van der Waals surface area contributed by atoms with Crippen LogP contribution < -0.4 is 9.47 Å². The molecule has 1 aromatic heterocycles. The molecule has 0 aliphatic heterocycles. The van der Waals surface area contributed by atoms with Crippen LogP contribution in [0.5, 0.6) is 11.5 Å². The van der Waals surface area contributed by atoms with Crippen molar-refractivity contribution in [2.45, 2.75) is 39.0 Å². The van der Waals surface area contributed by atoms with Crippen molar-refractivity contribution in [3.63, 3.8) is 0 Å². The minimum absolute atomic E-state index is 0.118. The van der Waals surface area contributed by atoms with Gasteiger partial charge in [0.05, 0.1) is 19.3 Å². The van der Waals surface area contributed by atoms with Gasteiger partial charge in [-0.05, 0) is 25.0 Å². The van der Waals surface area contributed by atoms with Gasteiger partial charge in [-0.3, -0.25) is 4.79 Å². The van der Waals surface area contributed by atoms with E-state index in [2.05, 4.69) is 4.98 Å². The molecule has 1 aromatic carbocycles. The molecule has 6 heteroatoms. The predicted octanol–water partition coefficient (Wildman–Crippen LogP) is 3.24. The summed E-state index contributed by atoms with van der Waals surface area (Å²) in [6.07, 6.45) is 2.21. The summed E-state index contributed by atoms with van der Waals surface area (Å²) in [5, 5.41) is 2.89. The molecule has 1 aliphatic carbocycles. The molecule has 2 aromatic rings. The third-order valence-corrected chi connectivity index (χ3v) is 4.62. The minimum atomic E-state index is 0.118. The number of rotatable bonds is 7. The van der Waals surface area contributed by atoms with Gasteiger partial charge in [-0.1, -0.05) is 12.1 Å². The van der Waals surface area contributed by atoms with Gasteiger partial charge < -0.3 is 14.4 Å². The molecule has 122 valence electrons. The summed E-state index contributed by atoms with van der Waals surface area (Å²) >= 11 is 1.55. The Morgan fingerprint density at radius 1 is 1.35 bits per heavy atom. The molecular formula is C17H20N2O3S. The van der Waals surface area contributed by atoms with Gasteiger partial charge in [-0.2, -0.15) is 0 Å². The topological polar surface area (TPSA) is 51.7 Å². The predicted molar refractivity (Wildman–Crippen MR) is 88.7 cm³/mol. The van der Waals surface area contributed by atoms with Gasteiger partial charge in [-0.25, -0.2) is 4.98 Å². The van der Waals surface area contributed by atoms with E-state index in [1.807, 2.05) is 34.5 Å². The molecule has 0 bridgehead atoms. The van der Waals surface area contributed by atoms with Crippen LogP contribution in [0, 0.1) is 0 Å². The summed E-state index contributed by atoms with van der Waals surface area (Å²) in [5.41, 5.74) is 0.927. The van der Waals surface area contributed by atoms with E-state index < -0.39 is 0 Å². The number of nitrogens with zero attached hydrogens (tertiary/aromatic N) is 2. The number of amides is 1. The Morgan fingerprint density at radius 3 is 2.74 bits per heavy atom. The van der Waals surface area contributed by atoms with Crippen LogP contribution in [-0.2, 0) is 17.9 Å². The zero-order valence-electron chi connectivity index (χ0n) is 13.3. The van der Waals surface area contributed by atoms with Crippen molar-refractivity contribution < 1.29 is 14.3 Å². The Hall–Kier alpha value is -2.08. The summed E-state index contributed by atoms with van der Waals surface area (Å²) in [4.78, 5) is 18.2. The second-order valence-electron chi connectivity index (χ2n) is 5.55. The van der Waals surface area contributed by atoms with E-state index in [-0.39, 0.29) is 5.91 Å². The largest absolute Gasteiger partial charge is 0.493 e. The molecule has 1 saturated carbocycles. The molecule has 1 fully saturated rings. The molecular weight excluding hydrogens is 312 g/mol. The van der Waals surface area contributed by atoms with Gasteiger partial charge in [-0.15, -0.1) is 11.3 Å². The summed E-state index contributed by atoms with van der Waals surface area (Å²) in [6, 6.07) is 7.95. The summed E-state index contributed by atoms with van der Waals surface area (Å²) in [5.74, 6) is 1.53. The number of methoxy groups -OCH3 is 1. The molecule has 0 atom stereocenters. The van der Waals surface area contributed by atoms with Crippen LogP contribution in [0.25, 0.3) is 0 Å². The van der Waals surface area contributed by atoms with Crippen molar-refractivity contribution in [2.75, 3.05) is 7.11 Å². The molecule has 0 radical (unpaired) electrons. The fraction of sp³-hybridized carbons (Fsp3) is 0.412. The van der Waals surface area contributed by atoms with E-state index >= 15 is 0 Å². The number of carbonyl (C=O) groups is 1. The Balaban J connectivity index is 1.60. The van der Waals surface area contributed by atoms with Gasteiger partial charge >= 0.3 is 0 Å². The average molecular weight is 332 g/mol. The summed E-state index contributed by atoms with van der Waals surface area (Å²) < 4.78 is 11.0. The normalized spacial score (nSPS) is 13.7. The maximum absolute atomic E-state index is 11.7. The van der Waals surface area contributed by atoms with E-state index in [4.69, 9.17) is 9.47 Å². The van der Waals surface area contributed by atoms with E-state index in [1.165, 1.54) is 0 Å². The molecule has 0 unspecified atom stereocenters. The lowest BCUT2D eigenvalue weighted by atomic mass is 10.3. The highest BCUT2D eigenvalue weighted by molar-refractivity contribution is 7.09. The number of hydrogen-bond donors (Lipinski definition) is 0. The molecule has 1 aliphatic rings. The number of carbonyl (C=O) groups excluding carboxylic acids is 1. The molecule has 5 nitrogen and oxygen atoms in total. The number of hydrogen-bond acceptors (Lipinski definition) is 5. The van der Waals surface area contributed by atoms with E-state index in [0.717, 1.165) is 23.5 Å². The standard InChI is InChI=1S/C17H20N2O3S/c1-12(20)19(14-7-8-14)9-13-11-23-17(18-13)10-22-16-6-4-3-5-15(16)21-2/h3-6,11,14H,7-10H2,1-2H3. The Bertz CT molecular complexity index is 682. The maximum Gasteiger partial charge on any atom is 0.220 e. The van der Waals surface area contributed by atoms with Crippen LogP contribution in [0.2, 0.25) is 0 Å². The molecule has 1 amide bonds. The Labute approximate surface area is 139 Å². The lowest BCUT2D eigenvalue weighted by Crippen LogP contribution is -2.30. The van der Waals surface area contributed by atoms with Crippen molar-refractivity contribution in [1.29, 1.82) is 0 Å². The minimum Gasteiger partial charge on any atom is -0.493 e. The third kappa shape index (κ3) is 4.01. The fourth-order valence-corrected chi connectivity index (χ4v) is 3.12. The first-order chi connectivity index (χ1) is 11.2. The van der Waals surface area contributed by atoms with Crippen molar-refractivity contribution in [3.8, 4) is 11.5 Å². The van der Waals surface area contributed by atoms with Crippen LogP contribution in [0.3, 0.4) is 0 Å². The number of thiazole rings is 1.